The van der Waals surface area contributed by atoms with Crippen LogP contribution in [0.2, 0.25) is 0 Å². The average molecular weight is 506 g/mol. The zero-order chi connectivity index (χ0) is 23.5. The summed E-state index contributed by atoms with van der Waals surface area (Å²) in [5, 5.41) is 11.0. The Kier molecular flexibility index (Phi) is 6.42. The third kappa shape index (κ3) is 4.32. The van der Waals surface area contributed by atoms with E-state index in [1.807, 2.05) is 12.1 Å². The predicted octanol–water partition coefficient (Wildman–Crippen LogP) is 5.25. The van der Waals surface area contributed by atoms with E-state index < -0.39 is 23.7 Å². The minimum absolute atomic E-state index is 0.00277. The summed E-state index contributed by atoms with van der Waals surface area (Å²) in [6.07, 6.45) is 0. The van der Waals surface area contributed by atoms with Gasteiger partial charge in [-0.2, -0.15) is 0 Å². The number of amides is 1. The number of rotatable bonds is 5. The lowest BCUT2D eigenvalue weighted by molar-refractivity contribution is -0.132. The maximum absolute atomic E-state index is 13.2. The number of esters is 1. The molecule has 3 aromatic rings. The molecule has 1 heterocycles. The summed E-state index contributed by atoms with van der Waals surface area (Å²) in [4.78, 5) is 39.6. The number of ether oxygens (including phenoxy) is 1. The standard InChI is InChI=1S/C26H20BrNO5/c1-2-33-26(32)18-10-14-20(15-11-18)28-22(16-8-12-19(27)13-9-16)21(24(30)25(28)31)23(29)17-6-4-3-5-7-17/h3-15,22,29H,2H2,1H3/b23-21+. The van der Waals surface area contributed by atoms with Crippen molar-refractivity contribution >= 4 is 45.0 Å². The second kappa shape index (κ2) is 9.42. The number of anilines is 1. The fraction of sp³-hybridized carbons (Fsp3) is 0.115. The molecule has 1 atom stereocenters. The minimum Gasteiger partial charge on any atom is -0.507 e. The number of benzene rings is 3. The van der Waals surface area contributed by atoms with Gasteiger partial charge in [0, 0.05) is 15.7 Å². The summed E-state index contributed by atoms with van der Waals surface area (Å²) in [5.41, 5.74) is 1.86. The van der Waals surface area contributed by atoms with E-state index in [0.29, 0.717) is 22.4 Å². The Bertz CT molecular complexity index is 1230. The molecule has 7 heteroatoms. The Morgan fingerprint density at radius 3 is 2.18 bits per heavy atom. The molecule has 0 radical (unpaired) electrons. The lowest BCUT2D eigenvalue weighted by Crippen LogP contribution is -2.29. The first kappa shape index (κ1) is 22.5. The van der Waals surface area contributed by atoms with Gasteiger partial charge in [-0.05, 0) is 48.9 Å². The SMILES string of the molecule is CCOC(=O)c1ccc(N2C(=O)C(=O)/C(=C(/O)c3ccccc3)C2c2ccc(Br)cc2)cc1. The van der Waals surface area contributed by atoms with Crippen LogP contribution in [-0.4, -0.2) is 29.4 Å². The number of nitrogens with zero attached hydrogens (tertiary/aromatic N) is 1. The predicted molar refractivity (Wildman–Crippen MR) is 128 cm³/mol. The van der Waals surface area contributed by atoms with Crippen LogP contribution in [0.3, 0.4) is 0 Å². The van der Waals surface area contributed by atoms with Crippen LogP contribution in [0.25, 0.3) is 5.76 Å². The highest BCUT2D eigenvalue weighted by Crippen LogP contribution is 2.42. The van der Waals surface area contributed by atoms with E-state index in [-0.39, 0.29) is 17.9 Å². The molecule has 0 aromatic heterocycles. The number of aliphatic hydroxyl groups excluding tert-OH is 1. The van der Waals surface area contributed by atoms with Crippen molar-refractivity contribution in [3.8, 4) is 0 Å². The molecule has 0 saturated carbocycles. The molecule has 1 fully saturated rings. The van der Waals surface area contributed by atoms with Crippen molar-refractivity contribution in [3.05, 3.63) is 106 Å². The van der Waals surface area contributed by atoms with Gasteiger partial charge in [0.05, 0.1) is 23.8 Å². The normalized spacial score (nSPS) is 17.3. The van der Waals surface area contributed by atoms with E-state index in [9.17, 15) is 19.5 Å². The van der Waals surface area contributed by atoms with Crippen molar-refractivity contribution in [1.29, 1.82) is 0 Å². The van der Waals surface area contributed by atoms with Gasteiger partial charge in [-0.25, -0.2) is 4.79 Å². The maximum Gasteiger partial charge on any atom is 0.338 e. The Morgan fingerprint density at radius 2 is 1.58 bits per heavy atom. The highest BCUT2D eigenvalue weighted by atomic mass is 79.9. The molecule has 1 unspecified atom stereocenters. The molecule has 1 saturated heterocycles. The van der Waals surface area contributed by atoms with E-state index in [4.69, 9.17) is 4.74 Å². The number of hydrogen-bond acceptors (Lipinski definition) is 5. The highest BCUT2D eigenvalue weighted by Gasteiger charge is 2.46. The summed E-state index contributed by atoms with van der Waals surface area (Å²) in [7, 11) is 0. The van der Waals surface area contributed by atoms with Gasteiger partial charge in [0.25, 0.3) is 11.7 Å². The number of carbonyl (C=O) groups is 3. The Morgan fingerprint density at radius 1 is 0.939 bits per heavy atom. The van der Waals surface area contributed by atoms with Crippen molar-refractivity contribution in [3.63, 3.8) is 0 Å². The quantitative estimate of drug-likeness (QED) is 0.221. The molecule has 33 heavy (non-hydrogen) atoms. The van der Waals surface area contributed by atoms with Gasteiger partial charge in [0.15, 0.2) is 0 Å². The van der Waals surface area contributed by atoms with Crippen LogP contribution < -0.4 is 4.90 Å². The summed E-state index contributed by atoms with van der Waals surface area (Å²) in [5.74, 6) is -2.25. The van der Waals surface area contributed by atoms with Gasteiger partial charge in [-0.3, -0.25) is 14.5 Å². The molecule has 1 aliphatic heterocycles. The molecule has 0 bridgehead atoms. The first-order valence-corrected chi connectivity index (χ1v) is 11.1. The lowest BCUT2D eigenvalue weighted by atomic mass is 9.95. The van der Waals surface area contributed by atoms with Crippen LogP contribution in [0, 0.1) is 0 Å². The molecule has 0 spiro atoms. The number of carbonyl (C=O) groups excluding carboxylic acids is 3. The van der Waals surface area contributed by atoms with E-state index in [2.05, 4.69) is 15.9 Å². The number of ketones is 1. The maximum atomic E-state index is 13.2. The third-order valence-corrected chi connectivity index (χ3v) is 5.86. The first-order valence-electron chi connectivity index (χ1n) is 10.3. The average Bonchev–Trinajstić information content (AvgIpc) is 3.10. The zero-order valence-electron chi connectivity index (χ0n) is 17.7. The smallest absolute Gasteiger partial charge is 0.338 e. The van der Waals surface area contributed by atoms with Gasteiger partial charge in [-0.15, -0.1) is 0 Å². The first-order chi connectivity index (χ1) is 15.9. The van der Waals surface area contributed by atoms with Crippen LogP contribution in [0.1, 0.15) is 34.5 Å². The fourth-order valence-corrected chi connectivity index (χ4v) is 4.05. The van der Waals surface area contributed by atoms with E-state index >= 15 is 0 Å². The van der Waals surface area contributed by atoms with Crippen molar-refractivity contribution in [1.82, 2.24) is 0 Å². The minimum atomic E-state index is -0.841. The number of Topliss-reactive ketones (excluding diaryl/α,β-unsaturated/α-hetero) is 1. The Labute approximate surface area is 199 Å². The Balaban J connectivity index is 1.85. The fourth-order valence-electron chi connectivity index (χ4n) is 3.78. The summed E-state index contributed by atoms with van der Waals surface area (Å²) >= 11 is 3.40. The van der Waals surface area contributed by atoms with Gasteiger partial charge in [0.2, 0.25) is 0 Å². The molecule has 166 valence electrons. The molecule has 6 nitrogen and oxygen atoms in total. The molecule has 1 N–H and O–H groups in total. The highest BCUT2D eigenvalue weighted by molar-refractivity contribution is 9.10. The molecule has 0 aliphatic carbocycles. The second-order valence-electron chi connectivity index (χ2n) is 7.35. The molecule has 4 rings (SSSR count). The largest absolute Gasteiger partial charge is 0.507 e. The van der Waals surface area contributed by atoms with Crippen LogP contribution >= 0.6 is 15.9 Å². The summed E-state index contributed by atoms with van der Waals surface area (Å²) < 4.78 is 5.85. The molecule has 1 aliphatic rings. The number of aliphatic hydroxyl groups is 1. The van der Waals surface area contributed by atoms with Gasteiger partial charge < -0.3 is 9.84 Å². The summed E-state index contributed by atoms with van der Waals surface area (Å²) in [6, 6.07) is 21.3. The zero-order valence-corrected chi connectivity index (χ0v) is 19.3. The Hall–Kier alpha value is -3.71. The van der Waals surface area contributed by atoms with E-state index in [0.717, 1.165) is 4.47 Å². The molecule has 1 amide bonds. The van der Waals surface area contributed by atoms with Crippen molar-refractivity contribution in [2.24, 2.45) is 0 Å². The summed E-state index contributed by atoms with van der Waals surface area (Å²) in [6.45, 7) is 1.97. The van der Waals surface area contributed by atoms with Crippen molar-refractivity contribution < 1.29 is 24.2 Å². The van der Waals surface area contributed by atoms with Gasteiger partial charge in [-0.1, -0.05) is 58.4 Å². The van der Waals surface area contributed by atoms with Crippen LogP contribution in [0.4, 0.5) is 5.69 Å². The van der Waals surface area contributed by atoms with E-state index in [1.165, 1.54) is 4.90 Å². The van der Waals surface area contributed by atoms with Gasteiger partial charge in [0.1, 0.15) is 5.76 Å². The molecule has 3 aromatic carbocycles. The number of hydrogen-bond donors (Lipinski definition) is 1. The monoisotopic (exact) mass is 505 g/mol. The topological polar surface area (TPSA) is 83.9 Å². The lowest BCUT2D eigenvalue weighted by Gasteiger charge is -2.25. The second-order valence-corrected chi connectivity index (χ2v) is 8.27. The van der Waals surface area contributed by atoms with Crippen LogP contribution in [-0.2, 0) is 14.3 Å². The van der Waals surface area contributed by atoms with E-state index in [1.54, 1.807) is 73.7 Å². The number of halogens is 1. The van der Waals surface area contributed by atoms with Crippen molar-refractivity contribution in [2.75, 3.05) is 11.5 Å². The van der Waals surface area contributed by atoms with Crippen LogP contribution in [0.5, 0.6) is 0 Å². The molecular formula is C26H20BrNO5. The van der Waals surface area contributed by atoms with Crippen molar-refractivity contribution in [2.45, 2.75) is 13.0 Å². The third-order valence-electron chi connectivity index (χ3n) is 5.33. The molecular weight excluding hydrogens is 486 g/mol. The van der Waals surface area contributed by atoms with Crippen LogP contribution in [0.15, 0.2) is 88.9 Å². The van der Waals surface area contributed by atoms with Gasteiger partial charge >= 0.3 is 5.97 Å².